The lowest BCUT2D eigenvalue weighted by molar-refractivity contribution is -0.130. The van der Waals surface area contributed by atoms with Crippen molar-refractivity contribution in [2.24, 2.45) is 5.92 Å². The fourth-order valence-corrected chi connectivity index (χ4v) is 2.31. The van der Waals surface area contributed by atoms with Crippen molar-refractivity contribution in [1.82, 2.24) is 10.3 Å². The Hall–Kier alpha value is -3.14. The summed E-state index contributed by atoms with van der Waals surface area (Å²) in [6.07, 6.45) is -1.12. The molecule has 1 aromatic carbocycles. The third kappa shape index (κ3) is 3.91. The van der Waals surface area contributed by atoms with Crippen molar-refractivity contribution >= 4 is 22.8 Å². The number of esters is 1. The topological polar surface area (TPSA) is 112 Å². The quantitative estimate of drug-likeness (QED) is 0.798. The summed E-state index contributed by atoms with van der Waals surface area (Å²) in [6.45, 7) is 6.64. The molecule has 2 aromatic rings. The van der Waals surface area contributed by atoms with Crippen LogP contribution in [0.4, 0.5) is 0 Å². The number of amides is 1. The largest absolute Gasteiger partial charge is 0.449 e. The number of aromatic amines is 1. The number of hydrogen-bond donors (Lipinski definition) is 2. The predicted octanol–water partition coefficient (Wildman–Crippen LogP) is 2.13. The zero-order valence-corrected chi connectivity index (χ0v) is 15.1. The average molecular weight is 355 g/mol. The number of H-pyrrole nitrogens is 1. The molecule has 1 amide bonds. The zero-order valence-electron chi connectivity index (χ0n) is 15.1. The third-order valence-corrected chi connectivity index (χ3v) is 4.39. The lowest BCUT2D eigenvalue weighted by Gasteiger charge is -2.28. The predicted molar refractivity (Wildman–Crippen MR) is 96.4 cm³/mol. The molecule has 0 radical (unpaired) electrons. The minimum absolute atomic E-state index is 0.0795. The van der Waals surface area contributed by atoms with E-state index >= 15 is 0 Å². The molecule has 0 fully saturated rings. The Morgan fingerprint density at radius 3 is 2.54 bits per heavy atom. The van der Waals surface area contributed by atoms with Crippen LogP contribution in [0.5, 0.6) is 0 Å². The van der Waals surface area contributed by atoms with Crippen molar-refractivity contribution < 1.29 is 14.3 Å². The summed E-state index contributed by atoms with van der Waals surface area (Å²) in [5.41, 5.74) is -0.935. The molecule has 0 saturated heterocycles. The van der Waals surface area contributed by atoms with Gasteiger partial charge in [0.25, 0.3) is 5.91 Å². The molecular weight excluding hydrogens is 334 g/mol. The highest BCUT2D eigenvalue weighted by molar-refractivity contribution is 6.04. The van der Waals surface area contributed by atoms with Crippen molar-refractivity contribution in [1.29, 1.82) is 5.26 Å². The number of pyridine rings is 1. The van der Waals surface area contributed by atoms with Crippen LogP contribution in [-0.4, -0.2) is 28.5 Å². The van der Waals surface area contributed by atoms with Gasteiger partial charge >= 0.3 is 5.97 Å². The van der Waals surface area contributed by atoms with Gasteiger partial charge in [-0.25, -0.2) is 4.79 Å². The van der Waals surface area contributed by atoms with Gasteiger partial charge in [0.2, 0.25) is 5.56 Å². The number of nitrogens with one attached hydrogen (secondary N) is 2. The molecule has 0 saturated carbocycles. The molecule has 26 heavy (non-hydrogen) atoms. The van der Waals surface area contributed by atoms with E-state index in [2.05, 4.69) is 16.4 Å². The molecule has 7 nitrogen and oxygen atoms in total. The number of nitriles is 1. The molecule has 7 heteroatoms. The number of nitrogens with zero attached hydrogens (tertiary/aromatic N) is 1. The highest BCUT2D eigenvalue weighted by atomic mass is 16.5. The van der Waals surface area contributed by atoms with Gasteiger partial charge in [0.15, 0.2) is 6.10 Å². The van der Waals surface area contributed by atoms with Crippen molar-refractivity contribution in [2.45, 2.75) is 39.3 Å². The van der Waals surface area contributed by atoms with E-state index in [1.54, 1.807) is 31.2 Å². The van der Waals surface area contributed by atoms with Crippen molar-refractivity contribution in [3.8, 4) is 6.07 Å². The second kappa shape index (κ2) is 7.40. The first-order valence-corrected chi connectivity index (χ1v) is 8.24. The van der Waals surface area contributed by atoms with E-state index < -0.39 is 29.1 Å². The summed E-state index contributed by atoms with van der Waals surface area (Å²) >= 11 is 0. The molecule has 0 aliphatic rings. The van der Waals surface area contributed by atoms with Gasteiger partial charge in [0, 0.05) is 17.0 Å². The minimum Gasteiger partial charge on any atom is -0.449 e. The van der Waals surface area contributed by atoms with Crippen molar-refractivity contribution in [2.75, 3.05) is 0 Å². The molecule has 2 atom stereocenters. The lowest BCUT2D eigenvalue weighted by Crippen LogP contribution is -2.52. The second-order valence-corrected chi connectivity index (χ2v) is 6.60. The molecule has 0 unspecified atom stereocenters. The van der Waals surface area contributed by atoms with Gasteiger partial charge in [-0.1, -0.05) is 32.0 Å². The molecule has 2 rings (SSSR count). The molecule has 0 bridgehead atoms. The van der Waals surface area contributed by atoms with E-state index in [4.69, 9.17) is 4.74 Å². The smallest absolute Gasteiger partial charge is 0.339 e. The molecule has 0 aliphatic carbocycles. The fraction of sp³-hybridized carbons (Fsp3) is 0.368. The van der Waals surface area contributed by atoms with E-state index in [1.165, 1.54) is 6.92 Å². The summed E-state index contributed by atoms with van der Waals surface area (Å²) in [4.78, 5) is 39.2. The van der Waals surface area contributed by atoms with Crippen LogP contribution in [0.2, 0.25) is 0 Å². The first kappa shape index (κ1) is 19.2. The number of fused-ring (bicyclic) bond motifs is 1. The number of hydrogen-bond acceptors (Lipinski definition) is 5. The molecule has 1 aromatic heterocycles. The Morgan fingerprint density at radius 1 is 1.27 bits per heavy atom. The van der Waals surface area contributed by atoms with Gasteiger partial charge in [0.05, 0.1) is 11.6 Å². The summed E-state index contributed by atoms with van der Waals surface area (Å²) in [5, 5.41) is 12.4. The first-order valence-electron chi connectivity index (χ1n) is 8.24. The Bertz CT molecular complexity index is 942. The second-order valence-electron chi connectivity index (χ2n) is 6.60. The number of rotatable bonds is 5. The van der Waals surface area contributed by atoms with Gasteiger partial charge in [0.1, 0.15) is 5.54 Å². The van der Waals surface area contributed by atoms with Gasteiger partial charge in [-0.05, 0) is 25.8 Å². The standard InChI is InChI=1S/C19H21N3O4/c1-11(2)19(4,10-20)22-17(24)12(3)26-18(25)14-9-16(23)21-15-8-6-5-7-13(14)15/h5-9,11-12H,1-4H3,(H,21,23)(H,22,24)/t12-,19-/m0/s1. The third-order valence-electron chi connectivity index (χ3n) is 4.39. The van der Waals surface area contributed by atoms with Crippen LogP contribution in [0.15, 0.2) is 35.1 Å². The monoisotopic (exact) mass is 355 g/mol. The van der Waals surface area contributed by atoms with Crippen LogP contribution in [0.3, 0.4) is 0 Å². The average Bonchev–Trinajstić information content (AvgIpc) is 2.60. The summed E-state index contributed by atoms with van der Waals surface area (Å²) < 4.78 is 5.22. The van der Waals surface area contributed by atoms with E-state index in [1.807, 2.05) is 13.8 Å². The van der Waals surface area contributed by atoms with Crippen LogP contribution in [0, 0.1) is 17.2 Å². The summed E-state index contributed by atoms with van der Waals surface area (Å²) in [6, 6.07) is 10.0. The molecule has 0 spiro atoms. The Balaban J connectivity index is 2.21. The van der Waals surface area contributed by atoms with Crippen LogP contribution >= 0.6 is 0 Å². The van der Waals surface area contributed by atoms with Gasteiger partial charge in [-0.3, -0.25) is 9.59 Å². The highest BCUT2D eigenvalue weighted by Crippen LogP contribution is 2.18. The first-order chi connectivity index (χ1) is 12.2. The fourth-order valence-electron chi connectivity index (χ4n) is 2.31. The molecular formula is C19H21N3O4. The molecule has 0 aliphatic heterocycles. The van der Waals surface area contributed by atoms with Gasteiger partial charge < -0.3 is 15.0 Å². The highest BCUT2D eigenvalue weighted by Gasteiger charge is 2.32. The SMILES string of the molecule is CC(C)[C@](C)(C#N)NC(=O)[C@H](C)OC(=O)c1cc(=O)[nH]c2ccccc12. The minimum atomic E-state index is -1.12. The summed E-state index contributed by atoms with van der Waals surface area (Å²) in [5.74, 6) is -1.49. The molecule has 1 heterocycles. The number of carbonyl (C=O) groups is 2. The summed E-state index contributed by atoms with van der Waals surface area (Å²) in [7, 11) is 0. The van der Waals surface area contributed by atoms with E-state index in [0.717, 1.165) is 6.07 Å². The van der Waals surface area contributed by atoms with E-state index in [9.17, 15) is 19.6 Å². The van der Waals surface area contributed by atoms with Gasteiger partial charge in [-0.2, -0.15) is 5.26 Å². The maximum Gasteiger partial charge on any atom is 0.339 e. The number of ether oxygens (including phenoxy) is 1. The molecule has 2 N–H and O–H groups in total. The Kier molecular flexibility index (Phi) is 5.46. The van der Waals surface area contributed by atoms with Crippen LogP contribution in [-0.2, 0) is 9.53 Å². The van der Waals surface area contributed by atoms with Crippen molar-refractivity contribution in [3.63, 3.8) is 0 Å². The number of benzene rings is 1. The molecule has 136 valence electrons. The van der Waals surface area contributed by atoms with Crippen LogP contribution < -0.4 is 10.9 Å². The van der Waals surface area contributed by atoms with Crippen LogP contribution in [0.1, 0.15) is 38.1 Å². The van der Waals surface area contributed by atoms with Crippen molar-refractivity contribution in [3.05, 3.63) is 46.2 Å². The Labute approximate surface area is 151 Å². The van der Waals surface area contributed by atoms with Crippen LogP contribution in [0.25, 0.3) is 10.9 Å². The maximum atomic E-state index is 12.5. The maximum absolute atomic E-state index is 12.5. The normalized spacial score (nSPS) is 14.3. The zero-order chi connectivity index (χ0) is 19.5. The van der Waals surface area contributed by atoms with Gasteiger partial charge in [-0.15, -0.1) is 0 Å². The number of carbonyl (C=O) groups excluding carboxylic acids is 2. The van der Waals surface area contributed by atoms with E-state index in [-0.39, 0.29) is 11.5 Å². The number of para-hydroxylation sites is 1. The number of aromatic nitrogens is 1. The lowest BCUT2D eigenvalue weighted by atomic mass is 9.90. The van der Waals surface area contributed by atoms with E-state index in [0.29, 0.717) is 10.9 Å². The Morgan fingerprint density at radius 2 is 1.92 bits per heavy atom.